The molecule has 0 radical (unpaired) electrons. The largest absolute Gasteiger partial charge is 0.352 e. The molecule has 1 aliphatic heterocycles. The lowest BCUT2D eigenvalue weighted by Crippen LogP contribution is -2.30. The second kappa shape index (κ2) is 6.97. The van der Waals surface area contributed by atoms with Gasteiger partial charge in [0.2, 0.25) is 15.9 Å². The minimum Gasteiger partial charge on any atom is -0.352 e. The molecular weight excluding hydrogens is 360 g/mol. The van der Waals surface area contributed by atoms with Crippen molar-refractivity contribution in [2.45, 2.75) is 13.3 Å². The zero-order valence-electron chi connectivity index (χ0n) is 13.6. The molecule has 2 amide bonds. The quantitative estimate of drug-likeness (QED) is 0.863. The average Bonchev–Trinajstić information content (AvgIpc) is 3.14. The molecule has 1 fully saturated rings. The van der Waals surface area contributed by atoms with Crippen molar-refractivity contribution in [2.24, 2.45) is 5.92 Å². The monoisotopic (exact) mass is 378 g/mol. The molecule has 132 valence electrons. The van der Waals surface area contributed by atoms with Crippen molar-refractivity contribution in [2.75, 3.05) is 16.6 Å². The zero-order chi connectivity index (χ0) is 18.0. The summed E-state index contributed by atoms with van der Waals surface area (Å²) in [5.41, 5.74) is 0.691. The number of amides is 2. The van der Waals surface area contributed by atoms with E-state index in [2.05, 4.69) is 5.32 Å². The molecule has 0 unspecified atom stereocenters. The maximum absolute atomic E-state index is 12.1. The first kappa shape index (κ1) is 17.6. The molecule has 1 saturated heterocycles. The van der Waals surface area contributed by atoms with E-state index in [0.29, 0.717) is 12.1 Å². The van der Waals surface area contributed by atoms with Crippen molar-refractivity contribution in [3.8, 4) is 0 Å². The summed E-state index contributed by atoms with van der Waals surface area (Å²) < 4.78 is 25.0. The molecule has 0 saturated carbocycles. The fraction of sp³-hybridized carbons (Fsp3) is 0.294. The summed E-state index contributed by atoms with van der Waals surface area (Å²) in [6, 6.07) is 10.0. The van der Waals surface area contributed by atoms with Crippen LogP contribution in [0, 0.1) is 5.92 Å². The van der Waals surface area contributed by atoms with Crippen molar-refractivity contribution < 1.29 is 18.0 Å². The van der Waals surface area contributed by atoms with E-state index in [4.69, 9.17) is 0 Å². The van der Waals surface area contributed by atoms with Gasteiger partial charge < -0.3 is 5.32 Å². The first-order valence-corrected chi connectivity index (χ1v) is 10.3. The number of rotatable bonds is 5. The number of anilines is 1. The van der Waals surface area contributed by atoms with Crippen LogP contribution in [0.15, 0.2) is 41.8 Å². The highest BCUT2D eigenvalue weighted by Gasteiger charge is 2.41. The topological polar surface area (TPSA) is 83.6 Å². The summed E-state index contributed by atoms with van der Waals surface area (Å²) in [6.07, 6.45) is 0.764. The van der Waals surface area contributed by atoms with E-state index in [0.717, 1.165) is 10.7 Å². The molecule has 2 heterocycles. The van der Waals surface area contributed by atoms with Crippen LogP contribution in [0.1, 0.15) is 22.2 Å². The van der Waals surface area contributed by atoms with E-state index < -0.39 is 21.8 Å². The molecular formula is C17H18N2O4S2. The second-order valence-electron chi connectivity index (χ2n) is 5.91. The molecule has 1 N–H and O–H groups in total. The molecule has 25 heavy (non-hydrogen) atoms. The van der Waals surface area contributed by atoms with Crippen molar-refractivity contribution in [3.05, 3.63) is 52.2 Å². The van der Waals surface area contributed by atoms with Gasteiger partial charge >= 0.3 is 0 Å². The highest BCUT2D eigenvalue weighted by molar-refractivity contribution is 7.94. The molecule has 6 nitrogen and oxygen atoms in total. The Morgan fingerprint density at radius 1 is 1.28 bits per heavy atom. The second-order valence-corrected chi connectivity index (χ2v) is 8.81. The van der Waals surface area contributed by atoms with Gasteiger partial charge in [-0.3, -0.25) is 9.59 Å². The summed E-state index contributed by atoms with van der Waals surface area (Å²) in [6.45, 7) is 2.12. The Balaban J connectivity index is 1.65. The lowest BCUT2D eigenvalue weighted by atomic mass is 10.1. The summed E-state index contributed by atoms with van der Waals surface area (Å²) in [5, 5.41) is 4.82. The molecule has 8 heteroatoms. The zero-order valence-corrected chi connectivity index (χ0v) is 15.3. The molecule has 1 aromatic heterocycles. The van der Waals surface area contributed by atoms with Crippen LogP contribution in [0.4, 0.5) is 5.69 Å². The van der Waals surface area contributed by atoms with Crippen LogP contribution in [-0.4, -0.2) is 32.5 Å². The van der Waals surface area contributed by atoms with Gasteiger partial charge in [-0.15, -0.1) is 11.3 Å². The first-order chi connectivity index (χ1) is 11.9. The molecule has 1 atom stereocenters. The van der Waals surface area contributed by atoms with Gasteiger partial charge in [0, 0.05) is 17.0 Å². The van der Waals surface area contributed by atoms with Crippen molar-refractivity contribution in [1.29, 1.82) is 0 Å². The maximum atomic E-state index is 12.1. The smallest absolute Gasteiger partial charge is 0.251 e. The standard InChI is InChI=1S/C17H18N2O4S2/c1-12-11-25(22,23)19(17(12)21)14-6-4-13(5-7-14)16(20)18-9-8-15-3-2-10-24-15/h2-7,10,12H,8-9,11H2,1H3,(H,18,20)/t12-/m0/s1. The Kier molecular flexibility index (Phi) is 4.91. The minimum atomic E-state index is -3.63. The third-order valence-electron chi connectivity index (χ3n) is 3.96. The molecule has 0 bridgehead atoms. The Morgan fingerprint density at radius 2 is 2.00 bits per heavy atom. The van der Waals surface area contributed by atoms with Gasteiger partial charge in [-0.2, -0.15) is 0 Å². The summed E-state index contributed by atoms with van der Waals surface area (Å²) in [5.74, 6) is -1.40. The first-order valence-electron chi connectivity index (χ1n) is 7.86. The number of nitrogens with zero attached hydrogens (tertiary/aromatic N) is 1. The number of hydrogen-bond acceptors (Lipinski definition) is 5. The number of carbonyl (C=O) groups is 2. The Hall–Kier alpha value is -2.19. The van der Waals surface area contributed by atoms with E-state index in [1.54, 1.807) is 18.3 Å². The highest BCUT2D eigenvalue weighted by Crippen LogP contribution is 2.28. The average molecular weight is 378 g/mol. The summed E-state index contributed by atoms with van der Waals surface area (Å²) in [7, 11) is -3.63. The van der Waals surface area contributed by atoms with Crippen molar-refractivity contribution in [1.82, 2.24) is 5.32 Å². The van der Waals surface area contributed by atoms with Crippen LogP contribution >= 0.6 is 11.3 Å². The van der Waals surface area contributed by atoms with Crippen LogP contribution in [0.5, 0.6) is 0 Å². The number of carbonyl (C=O) groups excluding carboxylic acids is 2. The Labute approximate surface area is 150 Å². The van der Waals surface area contributed by atoms with Gasteiger partial charge in [0.1, 0.15) is 0 Å². The Morgan fingerprint density at radius 3 is 2.56 bits per heavy atom. The molecule has 2 aromatic rings. The van der Waals surface area contributed by atoms with Crippen molar-refractivity contribution in [3.63, 3.8) is 0 Å². The molecule has 0 spiro atoms. The molecule has 1 aromatic carbocycles. The molecule has 3 rings (SSSR count). The lowest BCUT2D eigenvalue weighted by Gasteiger charge is -2.15. The minimum absolute atomic E-state index is 0.184. The van der Waals surface area contributed by atoms with Crippen LogP contribution in [0.2, 0.25) is 0 Å². The number of thiophene rings is 1. The van der Waals surface area contributed by atoms with Crippen LogP contribution in [0.3, 0.4) is 0 Å². The fourth-order valence-electron chi connectivity index (χ4n) is 2.69. The predicted octanol–water partition coefficient (Wildman–Crippen LogP) is 2.03. The van der Waals surface area contributed by atoms with Gasteiger partial charge in [-0.1, -0.05) is 13.0 Å². The van der Waals surface area contributed by atoms with Crippen LogP contribution in [-0.2, 0) is 21.2 Å². The fourth-order valence-corrected chi connectivity index (χ4v) is 5.22. The van der Waals surface area contributed by atoms with E-state index in [9.17, 15) is 18.0 Å². The molecule has 0 aliphatic carbocycles. The highest BCUT2D eigenvalue weighted by atomic mass is 32.2. The normalized spacial score (nSPS) is 19.2. The van der Waals surface area contributed by atoms with Crippen molar-refractivity contribution >= 4 is 38.9 Å². The van der Waals surface area contributed by atoms with Gasteiger partial charge in [-0.25, -0.2) is 12.7 Å². The SMILES string of the molecule is C[C@H]1CS(=O)(=O)N(c2ccc(C(=O)NCCc3cccs3)cc2)C1=O. The van der Waals surface area contributed by atoms with Gasteiger partial charge in [0.05, 0.1) is 17.4 Å². The number of nitrogens with one attached hydrogen (secondary N) is 1. The Bertz CT molecular complexity index is 874. The number of sulfonamides is 1. The summed E-state index contributed by atoms with van der Waals surface area (Å²) in [4.78, 5) is 25.4. The van der Waals surface area contributed by atoms with Crippen LogP contribution in [0.25, 0.3) is 0 Å². The number of hydrogen-bond donors (Lipinski definition) is 1. The van der Waals surface area contributed by atoms with E-state index in [1.807, 2.05) is 17.5 Å². The van der Waals surface area contributed by atoms with Gasteiger partial charge in [0.25, 0.3) is 5.91 Å². The lowest BCUT2D eigenvalue weighted by molar-refractivity contribution is -0.119. The number of benzene rings is 1. The van der Waals surface area contributed by atoms with Gasteiger partial charge in [0.15, 0.2) is 0 Å². The third-order valence-corrected chi connectivity index (χ3v) is 6.77. The summed E-state index contributed by atoms with van der Waals surface area (Å²) >= 11 is 1.64. The van der Waals surface area contributed by atoms with Crippen LogP contribution < -0.4 is 9.62 Å². The van der Waals surface area contributed by atoms with E-state index >= 15 is 0 Å². The predicted molar refractivity (Wildman–Crippen MR) is 97.2 cm³/mol. The van der Waals surface area contributed by atoms with E-state index in [1.165, 1.54) is 29.1 Å². The third kappa shape index (κ3) is 3.74. The molecule has 1 aliphatic rings. The maximum Gasteiger partial charge on any atom is 0.251 e. The van der Waals surface area contributed by atoms with Gasteiger partial charge in [-0.05, 0) is 42.1 Å². The van der Waals surface area contributed by atoms with E-state index in [-0.39, 0.29) is 17.3 Å².